The second kappa shape index (κ2) is 8.75. The second-order valence-corrected chi connectivity index (χ2v) is 9.76. The molecule has 2 aliphatic rings. The maximum absolute atomic E-state index is 12.9. The van der Waals surface area contributed by atoms with E-state index in [4.69, 9.17) is 0 Å². The molecule has 2 saturated heterocycles. The van der Waals surface area contributed by atoms with Crippen LogP contribution in [0.15, 0.2) is 35.2 Å². The van der Waals surface area contributed by atoms with E-state index in [2.05, 4.69) is 19.8 Å². The molecule has 1 aromatic heterocycles. The van der Waals surface area contributed by atoms with E-state index < -0.39 is 14.9 Å². The predicted molar refractivity (Wildman–Crippen MR) is 117 cm³/mol. The van der Waals surface area contributed by atoms with Crippen LogP contribution in [0, 0.1) is 17.0 Å². The number of rotatable bonds is 5. The zero-order valence-corrected chi connectivity index (χ0v) is 18.3. The Bertz CT molecular complexity index is 1050. The highest BCUT2D eigenvalue weighted by Crippen LogP contribution is 2.25. The van der Waals surface area contributed by atoms with E-state index in [9.17, 15) is 18.5 Å². The van der Waals surface area contributed by atoms with Gasteiger partial charge in [0.15, 0.2) is 0 Å². The molecule has 0 spiro atoms. The van der Waals surface area contributed by atoms with Crippen molar-refractivity contribution in [2.75, 3.05) is 49.1 Å². The molecule has 0 bridgehead atoms. The van der Waals surface area contributed by atoms with Gasteiger partial charge in [0.25, 0.3) is 5.69 Å². The Balaban J connectivity index is 1.46. The normalized spacial score (nSPS) is 18.2. The Hall–Kier alpha value is -2.79. The third-order valence-electron chi connectivity index (χ3n) is 5.74. The first-order valence-corrected chi connectivity index (χ1v) is 11.9. The van der Waals surface area contributed by atoms with Crippen molar-refractivity contribution in [3.05, 3.63) is 46.3 Å². The fourth-order valence-corrected chi connectivity index (χ4v) is 5.45. The van der Waals surface area contributed by atoms with E-state index in [1.807, 2.05) is 13.0 Å². The summed E-state index contributed by atoms with van der Waals surface area (Å²) in [6, 6.07) is 7.01. The maximum atomic E-state index is 12.9. The summed E-state index contributed by atoms with van der Waals surface area (Å²) in [5, 5.41) is 10.8. The number of nitrogens with zero attached hydrogens (tertiary/aromatic N) is 6. The number of nitro groups is 1. The van der Waals surface area contributed by atoms with Gasteiger partial charge < -0.3 is 9.80 Å². The van der Waals surface area contributed by atoms with Gasteiger partial charge in [0, 0.05) is 57.5 Å². The van der Waals surface area contributed by atoms with Crippen LogP contribution in [0.25, 0.3) is 0 Å². The van der Waals surface area contributed by atoms with E-state index >= 15 is 0 Å². The first-order chi connectivity index (χ1) is 14.8. The molecular weight excluding hydrogens is 420 g/mol. The monoisotopic (exact) mass is 446 g/mol. The Kier molecular flexibility index (Phi) is 6.05. The quantitative estimate of drug-likeness (QED) is 0.507. The molecule has 3 heterocycles. The molecule has 1 aromatic carbocycles. The number of non-ortho nitro benzene ring substituents is 1. The largest absolute Gasteiger partial charge is 0.356 e. The molecule has 166 valence electrons. The molecule has 4 rings (SSSR count). The third kappa shape index (κ3) is 4.62. The number of hydrogen-bond donors (Lipinski definition) is 0. The zero-order chi connectivity index (χ0) is 22.0. The number of nitro benzene ring substituents is 1. The van der Waals surface area contributed by atoms with Crippen LogP contribution in [-0.2, 0) is 10.0 Å². The fourth-order valence-electron chi connectivity index (χ4n) is 4.03. The Morgan fingerprint density at radius 3 is 1.97 bits per heavy atom. The molecule has 2 fully saturated rings. The molecule has 0 saturated carbocycles. The van der Waals surface area contributed by atoms with Gasteiger partial charge in [0.1, 0.15) is 17.5 Å². The van der Waals surface area contributed by atoms with E-state index in [-0.39, 0.29) is 10.6 Å². The number of benzene rings is 1. The molecule has 10 nitrogen and oxygen atoms in total. The molecule has 2 aliphatic heterocycles. The summed E-state index contributed by atoms with van der Waals surface area (Å²) in [5.41, 5.74) is -0.132. The van der Waals surface area contributed by atoms with Crippen LogP contribution in [0.5, 0.6) is 0 Å². The highest BCUT2D eigenvalue weighted by molar-refractivity contribution is 7.89. The van der Waals surface area contributed by atoms with Crippen molar-refractivity contribution in [3.8, 4) is 0 Å². The van der Waals surface area contributed by atoms with Crippen LogP contribution in [0.1, 0.15) is 25.1 Å². The lowest BCUT2D eigenvalue weighted by Gasteiger charge is -2.35. The second-order valence-electron chi connectivity index (χ2n) is 7.82. The third-order valence-corrected chi connectivity index (χ3v) is 7.65. The van der Waals surface area contributed by atoms with Gasteiger partial charge in [0.2, 0.25) is 10.0 Å². The molecule has 31 heavy (non-hydrogen) atoms. The average molecular weight is 447 g/mol. The van der Waals surface area contributed by atoms with E-state index in [1.165, 1.54) is 35.0 Å². The van der Waals surface area contributed by atoms with Crippen LogP contribution in [-0.4, -0.2) is 66.9 Å². The van der Waals surface area contributed by atoms with Crippen molar-refractivity contribution in [1.29, 1.82) is 0 Å². The zero-order valence-electron chi connectivity index (χ0n) is 17.5. The minimum Gasteiger partial charge on any atom is -0.356 e. The predicted octanol–water partition coefficient (Wildman–Crippen LogP) is 2.19. The van der Waals surface area contributed by atoms with Gasteiger partial charge in [-0.05, 0) is 38.3 Å². The summed E-state index contributed by atoms with van der Waals surface area (Å²) in [6.07, 6.45) is 3.58. The smallest absolute Gasteiger partial charge is 0.269 e. The highest BCUT2D eigenvalue weighted by atomic mass is 32.2. The summed E-state index contributed by atoms with van der Waals surface area (Å²) in [7, 11) is -3.70. The number of aromatic nitrogens is 2. The van der Waals surface area contributed by atoms with Crippen molar-refractivity contribution in [3.63, 3.8) is 0 Å². The van der Waals surface area contributed by atoms with Gasteiger partial charge in [-0.15, -0.1) is 0 Å². The van der Waals surface area contributed by atoms with Crippen LogP contribution < -0.4 is 9.80 Å². The summed E-state index contributed by atoms with van der Waals surface area (Å²) in [5.74, 6) is 2.46. The van der Waals surface area contributed by atoms with E-state index in [0.29, 0.717) is 32.0 Å². The van der Waals surface area contributed by atoms with Gasteiger partial charge in [-0.2, -0.15) is 4.31 Å². The maximum Gasteiger partial charge on any atom is 0.269 e. The topological polar surface area (TPSA) is 113 Å². The number of sulfonamides is 1. The van der Waals surface area contributed by atoms with Gasteiger partial charge in [-0.3, -0.25) is 10.1 Å². The average Bonchev–Trinajstić information content (AvgIpc) is 2.79. The molecule has 0 N–H and O–H groups in total. The summed E-state index contributed by atoms with van der Waals surface area (Å²) in [4.78, 5) is 23.9. The van der Waals surface area contributed by atoms with Crippen LogP contribution in [0.4, 0.5) is 17.3 Å². The molecule has 0 unspecified atom stereocenters. The molecule has 0 amide bonds. The van der Waals surface area contributed by atoms with E-state index in [0.717, 1.165) is 37.6 Å². The van der Waals surface area contributed by atoms with Crippen molar-refractivity contribution in [2.24, 2.45) is 0 Å². The SMILES string of the molecule is Cc1nc(N2CCCCC2)cc(N2CCN(S(=O)(=O)c3ccc([N+](=O)[O-])cc3)CC2)n1. The molecular formula is C20H26N6O4S. The minimum absolute atomic E-state index is 0.0665. The van der Waals surface area contributed by atoms with Gasteiger partial charge in [0.05, 0.1) is 9.82 Å². The molecule has 11 heteroatoms. The standard InChI is InChI=1S/C20H26N6O4S/c1-16-21-19(23-9-3-2-4-10-23)15-20(22-16)24-11-13-25(14-12-24)31(29,30)18-7-5-17(6-8-18)26(27)28/h5-8,15H,2-4,9-14H2,1H3. The lowest BCUT2D eigenvalue weighted by Crippen LogP contribution is -2.49. The number of hydrogen-bond acceptors (Lipinski definition) is 8. The number of anilines is 2. The fraction of sp³-hybridized carbons (Fsp3) is 0.500. The van der Waals surface area contributed by atoms with Gasteiger partial charge in [-0.25, -0.2) is 18.4 Å². The summed E-state index contributed by atoms with van der Waals surface area (Å²) < 4.78 is 27.3. The number of piperidine rings is 1. The van der Waals surface area contributed by atoms with E-state index in [1.54, 1.807) is 0 Å². The van der Waals surface area contributed by atoms with Crippen LogP contribution >= 0.6 is 0 Å². The lowest BCUT2D eigenvalue weighted by atomic mass is 10.1. The molecule has 2 aromatic rings. The summed E-state index contributed by atoms with van der Waals surface area (Å²) >= 11 is 0. The first kappa shape index (κ1) is 21.4. The molecule has 0 atom stereocenters. The number of piperazine rings is 1. The Morgan fingerprint density at radius 2 is 1.42 bits per heavy atom. The Labute approximate surface area is 181 Å². The molecule has 0 aliphatic carbocycles. The van der Waals surface area contributed by atoms with Crippen LogP contribution in [0.3, 0.4) is 0 Å². The van der Waals surface area contributed by atoms with Crippen molar-refractivity contribution >= 4 is 27.3 Å². The molecule has 0 radical (unpaired) electrons. The van der Waals surface area contributed by atoms with Crippen molar-refractivity contribution in [1.82, 2.24) is 14.3 Å². The van der Waals surface area contributed by atoms with Gasteiger partial charge in [-0.1, -0.05) is 0 Å². The Morgan fingerprint density at radius 1 is 0.871 bits per heavy atom. The van der Waals surface area contributed by atoms with Crippen molar-refractivity contribution in [2.45, 2.75) is 31.1 Å². The minimum atomic E-state index is -3.70. The number of aryl methyl sites for hydroxylation is 1. The summed E-state index contributed by atoms with van der Waals surface area (Å²) in [6.45, 7) is 5.55. The first-order valence-electron chi connectivity index (χ1n) is 10.4. The lowest BCUT2D eigenvalue weighted by molar-refractivity contribution is -0.384. The van der Waals surface area contributed by atoms with Crippen molar-refractivity contribution < 1.29 is 13.3 Å². The highest BCUT2D eigenvalue weighted by Gasteiger charge is 2.29. The van der Waals surface area contributed by atoms with Crippen LogP contribution in [0.2, 0.25) is 0 Å². The van der Waals surface area contributed by atoms with Gasteiger partial charge >= 0.3 is 0 Å².